The molecule has 4 atom stereocenters. The molecule has 3 aliphatic rings. The molecule has 1 saturated carbocycles. The molecule has 0 spiro atoms. The maximum Gasteiger partial charge on any atom is 0.319 e. The quantitative estimate of drug-likeness (QED) is 0.577. The van der Waals surface area contributed by atoms with Crippen LogP contribution in [0.5, 0.6) is 5.75 Å². The standard InChI is InChI=1S/C24H23N3O4/c1-31-19-5-3-2-4-18(19)26-24(30)25-13-14-6-10-17(11-7-14)27-22(28)20-15-8-9-16(12-15)21(20)23(27)29/h2-11,15-16,20-21H,12-13H2,1H3,(H2,25,26,30). The van der Waals surface area contributed by atoms with Gasteiger partial charge in [0.2, 0.25) is 11.8 Å². The van der Waals surface area contributed by atoms with E-state index in [9.17, 15) is 14.4 Å². The van der Waals surface area contributed by atoms with Crippen molar-refractivity contribution in [3.8, 4) is 5.75 Å². The summed E-state index contributed by atoms with van der Waals surface area (Å²) in [5.41, 5.74) is 2.03. The highest BCUT2D eigenvalue weighted by molar-refractivity contribution is 6.22. The highest BCUT2D eigenvalue weighted by Crippen LogP contribution is 2.53. The van der Waals surface area contributed by atoms with Gasteiger partial charge in [-0.25, -0.2) is 4.79 Å². The number of carbonyl (C=O) groups is 3. The fourth-order valence-electron chi connectivity index (χ4n) is 5.02. The molecule has 2 aromatic carbocycles. The van der Waals surface area contributed by atoms with E-state index >= 15 is 0 Å². The fraction of sp³-hybridized carbons (Fsp3) is 0.292. The largest absolute Gasteiger partial charge is 0.495 e. The number of amides is 4. The zero-order chi connectivity index (χ0) is 21.5. The molecule has 2 aromatic rings. The van der Waals surface area contributed by atoms with Crippen molar-refractivity contribution in [3.05, 3.63) is 66.2 Å². The monoisotopic (exact) mass is 417 g/mol. The van der Waals surface area contributed by atoms with E-state index in [-0.39, 0.29) is 41.5 Å². The summed E-state index contributed by atoms with van der Waals surface area (Å²) in [5.74, 6) is 0.381. The van der Waals surface area contributed by atoms with Crippen LogP contribution >= 0.6 is 0 Å². The third-order valence-corrected chi connectivity index (χ3v) is 6.47. The third-order valence-electron chi connectivity index (χ3n) is 6.47. The predicted molar refractivity (Wildman–Crippen MR) is 116 cm³/mol. The number of urea groups is 1. The number of nitrogens with zero attached hydrogens (tertiary/aromatic N) is 1. The van der Waals surface area contributed by atoms with Gasteiger partial charge in [0.15, 0.2) is 0 Å². The Morgan fingerprint density at radius 1 is 1.00 bits per heavy atom. The van der Waals surface area contributed by atoms with Crippen LogP contribution in [0.25, 0.3) is 0 Å². The van der Waals surface area contributed by atoms with Crippen LogP contribution in [-0.2, 0) is 16.1 Å². The lowest BCUT2D eigenvalue weighted by molar-refractivity contribution is -0.123. The lowest BCUT2D eigenvalue weighted by Gasteiger charge is -2.17. The van der Waals surface area contributed by atoms with E-state index in [0.29, 0.717) is 23.7 Å². The van der Waals surface area contributed by atoms with E-state index in [1.165, 1.54) is 4.90 Å². The molecule has 4 unspecified atom stereocenters. The molecule has 0 aromatic heterocycles. The van der Waals surface area contributed by atoms with E-state index < -0.39 is 0 Å². The van der Waals surface area contributed by atoms with Crippen molar-refractivity contribution < 1.29 is 19.1 Å². The number of fused-ring (bicyclic) bond motifs is 5. The number of anilines is 2. The molecule has 4 amide bonds. The third kappa shape index (κ3) is 3.26. The summed E-state index contributed by atoms with van der Waals surface area (Å²) in [6, 6.07) is 14.0. The van der Waals surface area contributed by atoms with Crippen molar-refractivity contribution in [1.29, 1.82) is 0 Å². The molecule has 1 aliphatic heterocycles. The second-order valence-corrected chi connectivity index (χ2v) is 8.19. The lowest BCUT2D eigenvalue weighted by Crippen LogP contribution is -2.32. The number of rotatable bonds is 5. The summed E-state index contributed by atoms with van der Waals surface area (Å²) in [7, 11) is 1.55. The molecule has 1 saturated heterocycles. The Labute approximate surface area is 180 Å². The summed E-state index contributed by atoms with van der Waals surface area (Å²) in [6.07, 6.45) is 5.10. The Hall–Kier alpha value is -3.61. The number of carbonyl (C=O) groups excluding carboxylic acids is 3. The van der Waals surface area contributed by atoms with Gasteiger partial charge in [-0.1, -0.05) is 36.4 Å². The van der Waals surface area contributed by atoms with E-state index in [2.05, 4.69) is 22.8 Å². The van der Waals surface area contributed by atoms with Gasteiger partial charge in [0.25, 0.3) is 0 Å². The molecule has 2 bridgehead atoms. The van der Waals surface area contributed by atoms with Crippen molar-refractivity contribution in [2.45, 2.75) is 13.0 Å². The van der Waals surface area contributed by atoms with Gasteiger partial charge >= 0.3 is 6.03 Å². The summed E-state index contributed by atoms with van der Waals surface area (Å²) in [4.78, 5) is 39.4. The Kier molecular flexibility index (Phi) is 4.73. The topological polar surface area (TPSA) is 87.7 Å². The van der Waals surface area contributed by atoms with Crippen LogP contribution in [0.2, 0.25) is 0 Å². The summed E-state index contributed by atoms with van der Waals surface area (Å²) in [5, 5.41) is 5.55. The average molecular weight is 417 g/mol. The van der Waals surface area contributed by atoms with E-state index in [0.717, 1.165) is 12.0 Å². The number of ether oxygens (including phenoxy) is 1. The van der Waals surface area contributed by atoms with Crippen LogP contribution in [0.4, 0.5) is 16.2 Å². The predicted octanol–water partition coefficient (Wildman–Crippen LogP) is 3.33. The minimum Gasteiger partial charge on any atom is -0.495 e. The highest BCUT2D eigenvalue weighted by Gasteiger charge is 2.59. The van der Waals surface area contributed by atoms with Crippen LogP contribution in [-0.4, -0.2) is 25.0 Å². The first-order valence-corrected chi connectivity index (χ1v) is 10.4. The van der Waals surface area contributed by atoms with Crippen LogP contribution in [0.3, 0.4) is 0 Å². The highest BCUT2D eigenvalue weighted by atomic mass is 16.5. The first-order valence-electron chi connectivity index (χ1n) is 10.4. The molecule has 158 valence electrons. The van der Waals surface area contributed by atoms with Gasteiger partial charge in [0.1, 0.15) is 5.75 Å². The van der Waals surface area contributed by atoms with Gasteiger partial charge in [-0.05, 0) is 48.1 Å². The van der Waals surface area contributed by atoms with Gasteiger partial charge in [0.05, 0.1) is 30.3 Å². The number of hydrogen-bond donors (Lipinski definition) is 2. The maximum atomic E-state index is 12.9. The van der Waals surface area contributed by atoms with E-state index in [1.54, 1.807) is 31.4 Å². The molecule has 0 radical (unpaired) electrons. The number of para-hydroxylation sites is 2. The Morgan fingerprint density at radius 2 is 1.65 bits per heavy atom. The number of benzene rings is 2. The van der Waals surface area contributed by atoms with Crippen molar-refractivity contribution in [2.75, 3.05) is 17.3 Å². The molecule has 5 rings (SSSR count). The van der Waals surface area contributed by atoms with Crippen molar-refractivity contribution in [2.24, 2.45) is 23.7 Å². The fourth-order valence-corrected chi connectivity index (χ4v) is 5.02. The average Bonchev–Trinajstić information content (AvgIpc) is 3.47. The smallest absolute Gasteiger partial charge is 0.319 e. The molecule has 2 fully saturated rings. The lowest BCUT2D eigenvalue weighted by atomic mass is 9.85. The normalized spacial score (nSPS) is 25.6. The minimum absolute atomic E-state index is 0.0890. The Bertz CT molecular complexity index is 1050. The zero-order valence-electron chi connectivity index (χ0n) is 17.1. The number of hydrogen-bond acceptors (Lipinski definition) is 4. The molecule has 2 aliphatic carbocycles. The molecule has 7 nitrogen and oxygen atoms in total. The number of imide groups is 1. The van der Waals surface area contributed by atoms with E-state index in [1.807, 2.05) is 24.3 Å². The van der Waals surface area contributed by atoms with Crippen LogP contribution in [0, 0.1) is 23.7 Å². The van der Waals surface area contributed by atoms with E-state index in [4.69, 9.17) is 4.74 Å². The minimum atomic E-state index is -0.353. The molecule has 7 heteroatoms. The SMILES string of the molecule is COc1ccccc1NC(=O)NCc1ccc(N2C(=O)C3C4C=CC(C4)C3C2=O)cc1. The molecular formula is C24H23N3O4. The van der Waals surface area contributed by atoms with Gasteiger partial charge in [-0.3, -0.25) is 14.5 Å². The summed E-state index contributed by atoms with van der Waals surface area (Å²) in [6.45, 7) is 0.308. The summed E-state index contributed by atoms with van der Waals surface area (Å²) >= 11 is 0. The van der Waals surface area contributed by atoms with Gasteiger partial charge < -0.3 is 15.4 Å². The zero-order valence-corrected chi connectivity index (χ0v) is 17.1. The number of nitrogens with one attached hydrogen (secondary N) is 2. The second-order valence-electron chi connectivity index (χ2n) is 8.19. The molecule has 2 N–H and O–H groups in total. The van der Waals surface area contributed by atoms with Crippen LogP contribution in [0.1, 0.15) is 12.0 Å². The van der Waals surface area contributed by atoms with Crippen molar-refractivity contribution >= 4 is 29.2 Å². The maximum absolute atomic E-state index is 12.9. The van der Waals surface area contributed by atoms with Gasteiger partial charge in [0, 0.05) is 6.54 Å². The van der Waals surface area contributed by atoms with Crippen LogP contribution < -0.4 is 20.3 Å². The van der Waals surface area contributed by atoms with Crippen LogP contribution in [0.15, 0.2) is 60.7 Å². The second kappa shape index (κ2) is 7.58. The number of allylic oxidation sites excluding steroid dienone is 2. The van der Waals surface area contributed by atoms with Crippen molar-refractivity contribution in [3.63, 3.8) is 0 Å². The first kappa shape index (κ1) is 19.4. The molecular weight excluding hydrogens is 394 g/mol. The number of methoxy groups -OCH3 is 1. The molecule has 1 heterocycles. The van der Waals surface area contributed by atoms with Crippen molar-refractivity contribution in [1.82, 2.24) is 5.32 Å². The van der Waals surface area contributed by atoms with Gasteiger partial charge in [-0.15, -0.1) is 0 Å². The first-order chi connectivity index (χ1) is 15.1. The Morgan fingerprint density at radius 3 is 2.29 bits per heavy atom. The molecule has 31 heavy (non-hydrogen) atoms. The summed E-state index contributed by atoms with van der Waals surface area (Å²) < 4.78 is 5.23. The van der Waals surface area contributed by atoms with Gasteiger partial charge in [-0.2, -0.15) is 0 Å². The Balaban J connectivity index is 1.21.